The molecule has 0 radical (unpaired) electrons. The Bertz CT molecular complexity index is 1300. The van der Waals surface area contributed by atoms with E-state index < -0.39 is 23.4 Å². The van der Waals surface area contributed by atoms with Crippen LogP contribution in [0.3, 0.4) is 0 Å². The minimum atomic E-state index is -0.731. The number of amides is 1. The van der Waals surface area contributed by atoms with Gasteiger partial charge in [-0.15, -0.1) is 0 Å². The molecular formula is C25H19ClF3N3O. The van der Waals surface area contributed by atoms with Crippen molar-refractivity contribution in [3.63, 3.8) is 0 Å². The van der Waals surface area contributed by atoms with Crippen molar-refractivity contribution >= 4 is 23.2 Å². The van der Waals surface area contributed by atoms with Gasteiger partial charge in [0.15, 0.2) is 5.69 Å². The van der Waals surface area contributed by atoms with Crippen LogP contribution in [0.2, 0.25) is 5.02 Å². The molecule has 1 heterocycles. The first kappa shape index (κ1) is 22.6. The van der Waals surface area contributed by atoms with Crippen LogP contribution in [0, 0.1) is 17.5 Å². The second kappa shape index (κ2) is 9.11. The largest absolute Gasteiger partial charge is 0.304 e. The van der Waals surface area contributed by atoms with Gasteiger partial charge in [-0.25, -0.2) is 17.9 Å². The molecule has 4 aromatic rings. The van der Waals surface area contributed by atoms with E-state index in [0.717, 1.165) is 22.9 Å². The molecule has 168 valence electrons. The summed E-state index contributed by atoms with van der Waals surface area (Å²) in [5, 5.41) is 4.31. The fourth-order valence-corrected chi connectivity index (χ4v) is 3.88. The second-order valence-electron chi connectivity index (χ2n) is 7.63. The molecule has 0 bridgehead atoms. The van der Waals surface area contributed by atoms with Gasteiger partial charge in [0, 0.05) is 23.4 Å². The van der Waals surface area contributed by atoms with Gasteiger partial charge in [-0.05, 0) is 50.2 Å². The van der Waals surface area contributed by atoms with E-state index in [9.17, 15) is 18.0 Å². The number of halogens is 4. The molecule has 0 saturated carbocycles. The molecule has 0 aliphatic carbocycles. The third-order valence-electron chi connectivity index (χ3n) is 5.05. The first-order valence-corrected chi connectivity index (χ1v) is 10.5. The number of hydrogen-bond donors (Lipinski definition) is 0. The average molecular weight is 470 g/mol. The first-order valence-electron chi connectivity index (χ1n) is 10.2. The third-order valence-corrected chi connectivity index (χ3v) is 5.41. The van der Waals surface area contributed by atoms with E-state index in [0.29, 0.717) is 11.3 Å². The van der Waals surface area contributed by atoms with Crippen molar-refractivity contribution in [3.8, 4) is 16.9 Å². The van der Waals surface area contributed by atoms with Gasteiger partial charge in [0.05, 0.1) is 5.69 Å². The Kier molecular flexibility index (Phi) is 6.24. The number of carbonyl (C=O) groups excluding carboxylic acids is 1. The SMILES string of the molecule is CC(C)N(C(=O)c1nn(-c2cc(F)ccc2F)c(-c2ccccc2)c1Cl)c1ccc(F)cc1. The van der Waals surface area contributed by atoms with Crippen molar-refractivity contribution in [1.82, 2.24) is 9.78 Å². The highest BCUT2D eigenvalue weighted by Crippen LogP contribution is 2.35. The van der Waals surface area contributed by atoms with E-state index >= 15 is 0 Å². The smallest absolute Gasteiger partial charge is 0.280 e. The number of anilines is 1. The monoisotopic (exact) mass is 469 g/mol. The van der Waals surface area contributed by atoms with Crippen molar-refractivity contribution in [1.29, 1.82) is 0 Å². The number of carbonyl (C=O) groups is 1. The fraction of sp³-hybridized carbons (Fsp3) is 0.120. The summed E-state index contributed by atoms with van der Waals surface area (Å²) >= 11 is 6.66. The number of aromatic nitrogens is 2. The Labute approximate surface area is 193 Å². The Morgan fingerprint density at radius 2 is 1.58 bits per heavy atom. The maximum absolute atomic E-state index is 14.7. The van der Waals surface area contributed by atoms with E-state index in [2.05, 4.69) is 5.10 Å². The topological polar surface area (TPSA) is 38.1 Å². The molecule has 4 rings (SSSR count). The van der Waals surface area contributed by atoms with E-state index in [1.807, 2.05) is 0 Å². The van der Waals surface area contributed by atoms with Gasteiger partial charge in [-0.1, -0.05) is 41.9 Å². The predicted octanol–water partition coefficient (Wildman–Crippen LogP) is 6.67. The van der Waals surface area contributed by atoms with Gasteiger partial charge in [0.25, 0.3) is 5.91 Å². The lowest BCUT2D eigenvalue weighted by molar-refractivity contribution is 0.0975. The summed E-state index contributed by atoms with van der Waals surface area (Å²) in [5.74, 6) is -2.40. The van der Waals surface area contributed by atoms with Crippen LogP contribution >= 0.6 is 11.6 Å². The van der Waals surface area contributed by atoms with Crippen LogP contribution in [0.15, 0.2) is 72.8 Å². The molecule has 4 nitrogen and oxygen atoms in total. The minimum Gasteiger partial charge on any atom is -0.304 e. The van der Waals surface area contributed by atoms with Crippen LogP contribution in [0.5, 0.6) is 0 Å². The van der Waals surface area contributed by atoms with Crippen molar-refractivity contribution < 1.29 is 18.0 Å². The van der Waals surface area contributed by atoms with Gasteiger partial charge < -0.3 is 4.90 Å². The maximum atomic E-state index is 14.7. The van der Waals surface area contributed by atoms with E-state index in [-0.39, 0.29) is 28.1 Å². The highest BCUT2D eigenvalue weighted by Gasteiger charge is 2.30. The normalized spacial score (nSPS) is 11.1. The minimum absolute atomic E-state index is 0.0115. The Balaban J connectivity index is 1.92. The van der Waals surface area contributed by atoms with Crippen LogP contribution in [-0.2, 0) is 0 Å². The Morgan fingerprint density at radius 3 is 2.21 bits per heavy atom. The first-order chi connectivity index (χ1) is 15.8. The molecule has 0 atom stereocenters. The molecule has 0 aliphatic rings. The lowest BCUT2D eigenvalue weighted by Crippen LogP contribution is -2.37. The lowest BCUT2D eigenvalue weighted by atomic mass is 10.1. The summed E-state index contributed by atoms with van der Waals surface area (Å²) in [4.78, 5) is 15.0. The molecule has 0 N–H and O–H groups in total. The van der Waals surface area contributed by atoms with E-state index in [1.165, 1.54) is 29.2 Å². The highest BCUT2D eigenvalue weighted by molar-refractivity contribution is 6.36. The van der Waals surface area contributed by atoms with Crippen LogP contribution in [0.4, 0.5) is 18.9 Å². The molecular weight excluding hydrogens is 451 g/mol. The predicted molar refractivity (Wildman–Crippen MR) is 122 cm³/mol. The molecule has 1 amide bonds. The molecule has 0 fully saturated rings. The number of nitrogens with zero attached hydrogens (tertiary/aromatic N) is 3. The summed E-state index contributed by atoms with van der Waals surface area (Å²) in [6, 6.07) is 16.8. The number of rotatable bonds is 5. The van der Waals surface area contributed by atoms with Crippen molar-refractivity contribution in [2.75, 3.05) is 4.90 Å². The third kappa shape index (κ3) is 4.36. The second-order valence-corrected chi connectivity index (χ2v) is 8.01. The molecule has 0 saturated heterocycles. The van der Waals surface area contributed by atoms with Gasteiger partial charge in [0.1, 0.15) is 28.2 Å². The molecule has 33 heavy (non-hydrogen) atoms. The van der Waals surface area contributed by atoms with Crippen LogP contribution in [0.25, 0.3) is 16.9 Å². The van der Waals surface area contributed by atoms with E-state index in [4.69, 9.17) is 11.6 Å². The van der Waals surface area contributed by atoms with E-state index in [1.54, 1.807) is 44.2 Å². The molecule has 1 aromatic heterocycles. The van der Waals surface area contributed by atoms with Crippen LogP contribution in [0.1, 0.15) is 24.3 Å². The summed E-state index contributed by atoms with van der Waals surface area (Å²) in [7, 11) is 0. The lowest BCUT2D eigenvalue weighted by Gasteiger charge is -2.26. The fourth-order valence-electron chi connectivity index (χ4n) is 3.57. The number of benzene rings is 3. The molecule has 0 spiro atoms. The van der Waals surface area contributed by atoms with Gasteiger partial charge in [-0.2, -0.15) is 5.10 Å². The standard InChI is InChI=1S/C25H19ClF3N3O/c1-15(2)31(19-11-8-17(27)9-12-19)25(33)23-22(26)24(16-6-4-3-5-7-16)32(30-23)21-14-18(28)10-13-20(21)29/h3-15H,1-2H3. The van der Waals surface area contributed by atoms with Crippen LogP contribution < -0.4 is 4.90 Å². The zero-order valence-corrected chi connectivity index (χ0v) is 18.5. The van der Waals surface area contributed by atoms with Crippen molar-refractivity contribution in [2.24, 2.45) is 0 Å². The van der Waals surface area contributed by atoms with Gasteiger partial charge >= 0.3 is 0 Å². The molecule has 3 aromatic carbocycles. The van der Waals surface area contributed by atoms with Gasteiger partial charge in [0.2, 0.25) is 0 Å². The quantitative estimate of drug-likeness (QED) is 0.327. The summed E-state index contributed by atoms with van der Waals surface area (Å²) in [6.07, 6.45) is 0. The number of hydrogen-bond acceptors (Lipinski definition) is 2. The summed E-state index contributed by atoms with van der Waals surface area (Å²) in [5.41, 5.74) is 0.925. The zero-order valence-electron chi connectivity index (χ0n) is 17.8. The molecule has 0 unspecified atom stereocenters. The van der Waals surface area contributed by atoms with Crippen molar-refractivity contribution in [2.45, 2.75) is 19.9 Å². The molecule has 8 heteroatoms. The Hall–Kier alpha value is -3.58. The zero-order chi connectivity index (χ0) is 23.7. The summed E-state index contributed by atoms with van der Waals surface area (Å²) in [6.45, 7) is 3.58. The highest BCUT2D eigenvalue weighted by atomic mass is 35.5. The molecule has 0 aliphatic heterocycles. The maximum Gasteiger partial charge on any atom is 0.280 e. The average Bonchev–Trinajstić information content (AvgIpc) is 3.14. The van der Waals surface area contributed by atoms with Gasteiger partial charge in [-0.3, -0.25) is 4.79 Å². The summed E-state index contributed by atoms with van der Waals surface area (Å²) < 4.78 is 43.2. The van der Waals surface area contributed by atoms with Crippen LogP contribution in [-0.4, -0.2) is 21.7 Å². The van der Waals surface area contributed by atoms with Crippen molar-refractivity contribution in [3.05, 3.63) is 101 Å². The Morgan fingerprint density at radius 1 is 0.939 bits per heavy atom.